The van der Waals surface area contributed by atoms with Gasteiger partial charge >= 0.3 is 0 Å². The molecule has 3 aliphatic heterocycles. The number of rotatable bonds is 6. The molecule has 0 saturated carbocycles. The highest BCUT2D eigenvalue weighted by Crippen LogP contribution is 2.39. The number of nitrogens with one attached hydrogen (secondary N) is 2. The first-order valence-corrected chi connectivity index (χ1v) is 13.0. The van der Waals surface area contributed by atoms with E-state index in [0.29, 0.717) is 18.9 Å². The molecule has 182 valence electrons. The quantitative estimate of drug-likeness (QED) is 0.655. The van der Waals surface area contributed by atoms with Gasteiger partial charge in [0.25, 0.3) is 0 Å². The van der Waals surface area contributed by atoms with Crippen molar-refractivity contribution in [3.63, 3.8) is 0 Å². The number of piperidine rings is 1. The topological polar surface area (TPSA) is 79.9 Å². The minimum absolute atomic E-state index is 0.0200. The van der Waals surface area contributed by atoms with E-state index in [2.05, 4.69) is 38.3 Å². The summed E-state index contributed by atoms with van der Waals surface area (Å²) in [6, 6.07) is 5.52. The Morgan fingerprint density at radius 1 is 1.24 bits per heavy atom. The minimum Gasteiger partial charge on any atom is -0.454 e. The molecular formula is C25H37N3O4S. The van der Waals surface area contributed by atoms with Gasteiger partial charge in [-0.15, -0.1) is 11.8 Å². The van der Waals surface area contributed by atoms with Crippen molar-refractivity contribution in [2.75, 3.05) is 25.6 Å². The molecule has 0 aromatic heterocycles. The van der Waals surface area contributed by atoms with Crippen molar-refractivity contribution in [2.45, 2.75) is 70.8 Å². The first kappa shape index (κ1) is 24.2. The molecule has 2 fully saturated rings. The smallest absolute Gasteiger partial charge is 0.238 e. The van der Waals surface area contributed by atoms with Crippen molar-refractivity contribution in [3.8, 4) is 11.5 Å². The number of carbonyl (C=O) groups is 2. The van der Waals surface area contributed by atoms with Gasteiger partial charge < -0.3 is 19.7 Å². The lowest BCUT2D eigenvalue weighted by Gasteiger charge is -2.39. The van der Waals surface area contributed by atoms with Gasteiger partial charge in [0.05, 0.1) is 10.9 Å². The van der Waals surface area contributed by atoms with Crippen LogP contribution in [0.15, 0.2) is 18.2 Å². The van der Waals surface area contributed by atoms with Crippen LogP contribution in [0.1, 0.15) is 58.9 Å². The van der Waals surface area contributed by atoms with Crippen LogP contribution in [0.3, 0.4) is 0 Å². The molecule has 1 spiro atoms. The molecule has 3 heterocycles. The summed E-state index contributed by atoms with van der Waals surface area (Å²) in [7, 11) is 0. The van der Waals surface area contributed by atoms with E-state index in [9.17, 15) is 9.59 Å². The largest absolute Gasteiger partial charge is 0.454 e. The number of carbonyl (C=O) groups excluding carboxylic acids is 2. The average molecular weight is 476 g/mol. The number of likely N-dealkylation sites (tertiary alicyclic amines) is 1. The Hall–Kier alpha value is -1.93. The highest BCUT2D eigenvalue weighted by molar-refractivity contribution is 8.01. The van der Waals surface area contributed by atoms with Gasteiger partial charge in [0.15, 0.2) is 11.5 Å². The van der Waals surface area contributed by atoms with Gasteiger partial charge in [-0.25, -0.2) is 0 Å². The predicted octanol–water partition coefficient (Wildman–Crippen LogP) is 3.52. The Morgan fingerprint density at radius 2 is 1.97 bits per heavy atom. The van der Waals surface area contributed by atoms with Crippen LogP contribution >= 0.6 is 11.8 Å². The molecule has 0 radical (unpaired) electrons. The van der Waals surface area contributed by atoms with Crippen LogP contribution in [-0.2, 0) is 16.1 Å². The molecule has 3 aliphatic rings. The third kappa shape index (κ3) is 6.15. The summed E-state index contributed by atoms with van der Waals surface area (Å²) < 4.78 is 10.7. The van der Waals surface area contributed by atoms with Crippen molar-refractivity contribution in [1.82, 2.24) is 15.5 Å². The second kappa shape index (κ2) is 9.74. The summed E-state index contributed by atoms with van der Waals surface area (Å²) in [6.07, 6.45) is 3.43. The van der Waals surface area contributed by atoms with Crippen LogP contribution in [0.2, 0.25) is 0 Å². The second-order valence-corrected chi connectivity index (χ2v) is 12.3. The molecule has 2 saturated heterocycles. The van der Waals surface area contributed by atoms with Crippen LogP contribution in [0.5, 0.6) is 11.5 Å². The minimum atomic E-state index is -0.210. The van der Waals surface area contributed by atoms with E-state index in [1.165, 1.54) is 0 Å². The van der Waals surface area contributed by atoms with E-state index in [1.807, 2.05) is 34.9 Å². The maximum absolute atomic E-state index is 12.8. The van der Waals surface area contributed by atoms with Crippen molar-refractivity contribution in [3.05, 3.63) is 23.8 Å². The molecule has 0 bridgehead atoms. The number of hydrogen-bond donors (Lipinski definition) is 2. The lowest BCUT2D eigenvalue weighted by Crippen LogP contribution is -2.54. The summed E-state index contributed by atoms with van der Waals surface area (Å²) in [5.74, 6) is 2.90. The van der Waals surface area contributed by atoms with E-state index < -0.39 is 0 Å². The standard InChI is InChI=1S/C25H37N3O4S/c1-17(13-24(2,3)4)11-22(29)28-9-7-25(8-10-28)27-19(15-33-25)23(30)26-14-18-5-6-20-21(12-18)32-16-31-20/h5-6,12,17,19,27H,7-11,13-16H2,1-4H3,(H,26,30). The van der Waals surface area contributed by atoms with Gasteiger partial charge in [-0.05, 0) is 48.3 Å². The second-order valence-electron chi connectivity index (χ2n) is 10.9. The zero-order valence-corrected chi connectivity index (χ0v) is 21.1. The molecule has 1 aromatic rings. The highest BCUT2D eigenvalue weighted by Gasteiger charge is 2.44. The fourth-order valence-corrected chi connectivity index (χ4v) is 6.52. The summed E-state index contributed by atoms with van der Waals surface area (Å²) >= 11 is 1.83. The Kier molecular flexibility index (Phi) is 7.15. The summed E-state index contributed by atoms with van der Waals surface area (Å²) in [4.78, 5) is 27.5. The maximum atomic E-state index is 12.8. The SMILES string of the molecule is CC(CC(=O)N1CCC2(CC1)NC(C(=O)NCc1ccc3c(c1)OCO3)CS2)CC(C)(C)C. The van der Waals surface area contributed by atoms with Gasteiger partial charge in [0, 0.05) is 31.8 Å². The zero-order chi connectivity index (χ0) is 23.6. The Bertz CT molecular complexity index is 877. The summed E-state index contributed by atoms with van der Waals surface area (Å²) in [5.41, 5.74) is 1.23. The number of hydrogen-bond acceptors (Lipinski definition) is 6. The monoisotopic (exact) mass is 475 g/mol. The van der Waals surface area contributed by atoms with E-state index >= 15 is 0 Å². The van der Waals surface area contributed by atoms with Gasteiger partial charge in [-0.1, -0.05) is 33.8 Å². The van der Waals surface area contributed by atoms with E-state index in [4.69, 9.17) is 9.47 Å². The van der Waals surface area contributed by atoms with Crippen molar-refractivity contribution in [1.29, 1.82) is 0 Å². The van der Waals surface area contributed by atoms with Crippen LogP contribution in [0, 0.1) is 11.3 Å². The molecule has 0 aliphatic carbocycles. The fraction of sp³-hybridized carbons (Fsp3) is 0.680. The molecule has 8 heteroatoms. The summed E-state index contributed by atoms with van der Waals surface area (Å²) in [6.45, 7) is 11.1. The normalized spacial score (nSPS) is 22.4. The Labute approximate surface area is 201 Å². The number of nitrogens with zero attached hydrogens (tertiary/aromatic N) is 1. The lowest BCUT2D eigenvalue weighted by molar-refractivity contribution is -0.133. The van der Waals surface area contributed by atoms with E-state index in [-0.39, 0.29) is 34.9 Å². The number of thioether (sulfide) groups is 1. The van der Waals surface area contributed by atoms with Gasteiger partial charge in [-0.3, -0.25) is 14.9 Å². The predicted molar refractivity (Wildman–Crippen MR) is 130 cm³/mol. The van der Waals surface area contributed by atoms with Crippen molar-refractivity contribution in [2.24, 2.45) is 11.3 Å². The molecule has 2 unspecified atom stereocenters. The third-order valence-corrected chi connectivity index (χ3v) is 8.17. The number of ether oxygens (including phenoxy) is 2. The molecule has 2 amide bonds. The average Bonchev–Trinajstić information content (AvgIpc) is 3.38. The lowest BCUT2D eigenvalue weighted by atomic mass is 9.84. The molecule has 1 aromatic carbocycles. The molecule has 33 heavy (non-hydrogen) atoms. The molecule has 4 rings (SSSR count). The van der Waals surface area contributed by atoms with Crippen molar-refractivity contribution < 1.29 is 19.1 Å². The van der Waals surface area contributed by atoms with Crippen LogP contribution in [0.25, 0.3) is 0 Å². The molecule has 7 nitrogen and oxygen atoms in total. The highest BCUT2D eigenvalue weighted by atomic mass is 32.2. The molecule has 2 atom stereocenters. The molecular weight excluding hydrogens is 438 g/mol. The van der Waals surface area contributed by atoms with Crippen LogP contribution in [0.4, 0.5) is 0 Å². The van der Waals surface area contributed by atoms with Crippen molar-refractivity contribution >= 4 is 23.6 Å². The number of benzene rings is 1. The van der Waals surface area contributed by atoms with E-state index in [0.717, 1.165) is 55.2 Å². The fourth-order valence-electron chi connectivity index (χ4n) is 5.10. The summed E-state index contributed by atoms with van der Waals surface area (Å²) in [5, 5.41) is 6.63. The van der Waals surface area contributed by atoms with Gasteiger partial charge in [0.1, 0.15) is 0 Å². The van der Waals surface area contributed by atoms with E-state index in [1.54, 1.807) is 0 Å². The Morgan fingerprint density at radius 3 is 2.70 bits per heavy atom. The van der Waals surface area contributed by atoms with Crippen LogP contribution in [-0.4, -0.2) is 53.3 Å². The number of fused-ring (bicyclic) bond motifs is 1. The first-order chi connectivity index (χ1) is 15.6. The zero-order valence-electron chi connectivity index (χ0n) is 20.2. The molecule has 2 N–H and O–H groups in total. The number of amides is 2. The Balaban J connectivity index is 1.22. The van der Waals surface area contributed by atoms with Gasteiger partial charge in [-0.2, -0.15) is 0 Å². The third-order valence-electron chi connectivity index (χ3n) is 6.59. The van der Waals surface area contributed by atoms with Gasteiger partial charge in [0.2, 0.25) is 18.6 Å². The van der Waals surface area contributed by atoms with Crippen LogP contribution < -0.4 is 20.1 Å². The maximum Gasteiger partial charge on any atom is 0.238 e. The first-order valence-electron chi connectivity index (χ1n) is 12.0.